The minimum Gasteiger partial charge on any atom is -0.462 e. The van der Waals surface area contributed by atoms with Gasteiger partial charge in [0.25, 0.3) is 0 Å². The van der Waals surface area contributed by atoms with E-state index in [4.69, 9.17) is 4.42 Å². The molecule has 0 saturated heterocycles. The fourth-order valence-electron chi connectivity index (χ4n) is 1.17. The Labute approximate surface area is 86.9 Å². The lowest BCUT2D eigenvalue weighted by Crippen LogP contribution is -1.71. The summed E-state index contributed by atoms with van der Waals surface area (Å²) in [6, 6.07) is 3.92. The molecule has 2 aromatic heterocycles. The third kappa shape index (κ3) is 1.93. The Morgan fingerprint density at radius 2 is 2.14 bits per heavy atom. The standard InChI is InChI=1S/C11H11NOS/c1-8-3-4-10(13-8)5-6-11-9(2)12-7-14-11/h3-7H,1-2H3/b6-5+. The lowest BCUT2D eigenvalue weighted by atomic mass is 10.3. The lowest BCUT2D eigenvalue weighted by Gasteiger charge is -1.87. The molecule has 2 rings (SSSR count). The largest absolute Gasteiger partial charge is 0.462 e. The molecule has 0 fully saturated rings. The summed E-state index contributed by atoms with van der Waals surface area (Å²) in [5.41, 5.74) is 2.91. The lowest BCUT2D eigenvalue weighted by molar-refractivity contribution is 0.525. The Balaban J connectivity index is 2.19. The average molecular weight is 205 g/mol. The quantitative estimate of drug-likeness (QED) is 0.749. The molecule has 0 saturated carbocycles. The molecule has 0 atom stereocenters. The van der Waals surface area contributed by atoms with Crippen LogP contribution in [-0.4, -0.2) is 4.98 Å². The summed E-state index contributed by atoms with van der Waals surface area (Å²) in [4.78, 5) is 5.35. The van der Waals surface area contributed by atoms with E-state index in [1.165, 1.54) is 4.88 Å². The Kier molecular flexibility index (Phi) is 2.50. The van der Waals surface area contributed by atoms with Crippen LogP contribution in [0.2, 0.25) is 0 Å². The number of furan rings is 1. The van der Waals surface area contributed by atoms with Crippen LogP contribution in [0.15, 0.2) is 22.1 Å². The van der Waals surface area contributed by atoms with Crippen LogP contribution < -0.4 is 0 Å². The zero-order valence-corrected chi connectivity index (χ0v) is 8.97. The van der Waals surface area contributed by atoms with E-state index < -0.39 is 0 Å². The molecule has 0 radical (unpaired) electrons. The minimum atomic E-state index is 0.885. The number of hydrogen-bond donors (Lipinski definition) is 0. The molecule has 14 heavy (non-hydrogen) atoms. The number of aryl methyl sites for hydroxylation is 2. The molecule has 2 nitrogen and oxygen atoms in total. The number of thiazole rings is 1. The monoisotopic (exact) mass is 205 g/mol. The molecule has 3 heteroatoms. The van der Waals surface area contributed by atoms with E-state index in [2.05, 4.69) is 4.98 Å². The zero-order chi connectivity index (χ0) is 9.97. The molecule has 0 amide bonds. The Morgan fingerprint density at radius 1 is 1.29 bits per heavy atom. The maximum Gasteiger partial charge on any atom is 0.127 e. The number of aromatic nitrogens is 1. The third-order valence-corrected chi connectivity index (χ3v) is 2.84. The van der Waals surface area contributed by atoms with Crippen molar-refractivity contribution in [2.45, 2.75) is 13.8 Å². The number of nitrogens with zero attached hydrogens (tertiary/aromatic N) is 1. The number of rotatable bonds is 2. The van der Waals surface area contributed by atoms with E-state index in [-0.39, 0.29) is 0 Å². The van der Waals surface area contributed by atoms with Crippen molar-refractivity contribution in [1.82, 2.24) is 4.98 Å². The van der Waals surface area contributed by atoms with Gasteiger partial charge in [0, 0.05) is 4.88 Å². The van der Waals surface area contributed by atoms with E-state index >= 15 is 0 Å². The molecule has 0 bridgehead atoms. The van der Waals surface area contributed by atoms with Gasteiger partial charge in [-0.1, -0.05) is 0 Å². The summed E-state index contributed by atoms with van der Waals surface area (Å²) in [5, 5.41) is 0. The Bertz CT molecular complexity index is 453. The van der Waals surface area contributed by atoms with Crippen LogP contribution >= 0.6 is 11.3 Å². The maximum absolute atomic E-state index is 5.42. The second kappa shape index (κ2) is 3.80. The summed E-state index contributed by atoms with van der Waals surface area (Å²) in [5.74, 6) is 1.82. The SMILES string of the molecule is Cc1ccc(/C=C/c2scnc2C)o1. The highest BCUT2D eigenvalue weighted by Crippen LogP contribution is 2.16. The normalized spacial score (nSPS) is 11.3. The predicted octanol–water partition coefficient (Wildman–Crippen LogP) is 3.52. The van der Waals surface area contributed by atoms with Crippen molar-refractivity contribution in [3.8, 4) is 0 Å². The van der Waals surface area contributed by atoms with Gasteiger partial charge in [-0.25, -0.2) is 4.98 Å². The third-order valence-electron chi connectivity index (χ3n) is 1.94. The highest BCUT2D eigenvalue weighted by Gasteiger charge is 1.97. The van der Waals surface area contributed by atoms with Gasteiger partial charge in [-0.2, -0.15) is 0 Å². The summed E-state index contributed by atoms with van der Waals surface area (Å²) in [6.07, 6.45) is 4.00. The molecule has 72 valence electrons. The molecule has 0 N–H and O–H groups in total. The van der Waals surface area contributed by atoms with Crippen molar-refractivity contribution in [2.24, 2.45) is 0 Å². The Morgan fingerprint density at radius 3 is 2.71 bits per heavy atom. The van der Waals surface area contributed by atoms with Crippen LogP contribution in [0.4, 0.5) is 0 Å². The van der Waals surface area contributed by atoms with E-state index in [1.807, 2.05) is 43.6 Å². The molecule has 2 aromatic rings. The van der Waals surface area contributed by atoms with Crippen LogP contribution in [0.1, 0.15) is 22.1 Å². The summed E-state index contributed by atoms with van der Waals surface area (Å²) < 4.78 is 5.42. The van der Waals surface area contributed by atoms with Gasteiger partial charge in [-0.15, -0.1) is 11.3 Å². The fraction of sp³-hybridized carbons (Fsp3) is 0.182. The molecule has 0 spiro atoms. The molecular weight excluding hydrogens is 194 g/mol. The molecule has 0 aromatic carbocycles. The van der Waals surface area contributed by atoms with Crippen LogP contribution in [0.5, 0.6) is 0 Å². The second-order valence-electron chi connectivity index (χ2n) is 3.08. The highest BCUT2D eigenvalue weighted by atomic mass is 32.1. The van der Waals surface area contributed by atoms with Crippen LogP contribution in [0, 0.1) is 13.8 Å². The maximum atomic E-state index is 5.42. The van der Waals surface area contributed by atoms with Gasteiger partial charge in [-0.3, -0.25) is 0 Å². The van der Waals surface area contributed by atoms with Gasteiger partial charge in [0.2, 0.25) is 0 Å². The number of hydrogen-bond acceptors (Lipinski definition) is 3. The topological polar surface area (TPSA) is 26.0 Å². The molecular formula is C11H11NOS. The summed E-state index contributed by atoms with van der Waals surface area (Å²) in [6.45, 7) is 3.94. The molecule has 2 heterocycles. The van der Waals surface area contributed by atoms with Crippen molar-refractivity contribution in [3.63, 3.8) is 0 Å². The first kappa shape index (κ1) is 9.21. The van der Waals surface area contributed by atoms with Crippen LogP contribution in [0.25, 0.3) is 12.2 Å². The van der Waals surface area contributed by atoms with Crippen molar-refractivity contribution >= 4 is 23.5 Å². The van der Waals surface area contributed by atoms with Crippen molar-refractivity contribution in [2.75, 3.05) is 0 Å². The fourth-order valence-corrected chi connectivity index (χ4v) is 1.87. The molecule has 0 aliphatic rings. The van der Waals surface area contributed by atoms with Gasteiger partial charge >= 0.3 is 0 Å². The molecule has 0 unspecified atom stereocenters. The van der Waals surface area contributed by atoms with Gasteiger partial charge in [0.15, 0.2) is 0 Å². The van der Waals surface area contributed by atoms with E-state index in [0.717, 1.165) is 17.2 Å². The van der Waals surface area contributed by atoms with E-state index in [0.29, 0.717) is 0 Å². The van der Waals surface area contributed by atoms with Crippen molar-refractivity contribution in [3.05, 3.63) is 39.7 Å². The van der Waals surface area contributed by atoms with Gasteiger partial charge in [0.1, 0.15) is 11.5 Å². The second-order valence-corrected chi connectivity index (χ2v) is 3.97. The van der Waals surface area contributed by atoms with Crippen LogP contribution in [0.3, 0.4) is 0 Å². The average Bonchev–Trinajstić information content (AvgIpc) is 2.72. The van der Waals surface area contributed by atoms with Gasteiger partial charge in [-0.05, 0) is 38.1 Å². The van der Waals surface area contributed by atoms with E-state index in [1.54, 1.807) is 11.3 Å². The first-order valence-corrected chi connectivity index (χ1v) is 5.28. The summed E-state index contributed by atoms with van der Waals surface area (Å²) in [7, 11) is 0. The van der Waals surface area contributed by atoms with Gasteiger partial charge in [0.05, 0.1) is 11.2 Å². The summed E-state index contributed by atoms with van der Waals surface area (Å²) >= 11 is 1.64. The van der Waals surface area contributed by atoms with E-state index in [9.17, 15) is 0 Å². The van der Waals surface area contributed by atoms with Crippen molar-refractivity contribution < 1.29 is 4.42 Å². The predicted molar refractivity (Wildman–Crippen MR) is 59.2 cm³/mol. The highest BCUT2D eigenvalue weighted by molar-refractivity contribution is 7.10. The van der Waals surface area contributed by atoms with Gasteiger partial charge < -0.3 is 4.42 Å². The smallest absolute Gasteiger partial charge is 0.127 e. The van der Waals surface area contributed by atoms with Crippen LogP contribution in [-0.2, 0) is 0 Å². The minimum absolute atomic E-state index is 0.885. The zero-order valence-electron chi connectivity index (χ0n) is 8.15. The Hall–Kier alpha value is -1.35. The molecule has 0 aliphatic carbocycles. The first-order valence-electron chi connectivity index (χ1n) is 4.40. The first-order chi connectivity index (χ1) is 6.75. The molecule has 0 aliphatic heterocycles. The van der Waals surface area contributed by atoms with Crippen molar-refractivity contribution in [1.29, 1.82) is 0 Å².